The van der Waals surface area contributed by atoms with Gasteiger partial charge in [-0.3, -0.25) is 14.4 Å². The Morgan fingerprint density at radius 2 is 1.50 bits per heavy atom. The normalized spacial score (nSPS) is 10.5. The van der Waals surface area contributed by atoms with Crippen LogP contribution in [-0.4, -0.2) is 23.4 Å². The smallest absolute Gasteiger partial charge is 0.257 e. The number of carbonyl (C=O) groups excluding carboxylic acids is 2. The van der Waals surface area contributed by atoms with Crippen molar-refractivity contribution in [3.05, 3.63) is 105 Å². The van der Waals surface area contributed by atoms with Crippen molar-refractivity contribution in [3.63, 3.8) is 0 Å². The summed E-state index contributed by atoms with van der Waals surface area (Å²) in [4.78, 5) is 37.7. The monoisotopic (exact) mass is 403 g/mol. The molecule has 0 saturated carbocycles. The Kier molecular flexibility index (Phi) is 6.80. The Morgan fingerprint density at radius 3 is 2.13 bits per heavy atom. The Hall–Kier alpha value is -3.67. The van der Waals surface area contributed by atoms with Gasteiger partial charge < -0.3 is 15.2 Å². The third kappa shape index (κ3) is 5.23. The fourth-order valence-corrected chi connectivity index (χ4v) is 3.10. The van der Waals surface area contributed by atoms with Gasteiger partial charge in [0.1, 0.15) is 11.1 Å². The van der Waals surface area contributed by atoms with Crippen molar-refractivity contribution < 1.29 is 9.59 Å². The molecule has 0 saturated heterocycles. The minimum atomic E-state index is -0.577. The number of rotatable bonds is 7. The van der Waals surface area contributed by atoms with E-state index in [1.54, 1.807) is 4.57 Å². The number of aryl methyl sites for hydroxylation is 3. The van der Waals surface area contributed by atoms with E-state index in [1.807, 2.05) is 61.5 Å². The summed E-state index contributed by atoms with van der Waals surface area (Å²) in [7, 11) is 1.46. The predicted molar refractivity (Wildman–Crippen MR) is 117 cm³/mol. The molecule has 1 heterocycles. The van der Waals surface area contributed by atoms with Crippen LogP contribution in [0.5, 0.6) is 0 Å². The van der Waals surface area contributed by atoms with E-state index in [-0.39, 0.29) is 11.1 Å². The van der Waals surface area contributed by atoms with E-state index in [2.05, 4.69) is 10.6 Å². The second-order valence-corrected chi connectivity index (χ2v) is 7.14. The van der Waals surface area contributed by atoms with Gasteiger partial charge in [-0.2, -0.15) is 0 Å². The summed E-state index contributed by atoms with van der Waals surface area (Å²) < 4.78 is 1.72. The van der Waals surface area contributed by atoms with Gasteiger partial charge in [0.05, 0.1) is 0 Å². The van der Waals surface area contributed by atoms with Gasteiger partial charge in [0.25, 0.3) is 11.8 Å². The highest BCUT2D eigenvalue weighted by molar-refractivity contribution is 5.99. The molecule has 0 unspecified atom stereocenters. The lowest BCUT2D eigenvalue weighted by Crippen LogP contribution is -2.34. The van der Waals surface area contributed by atoms with E-state index < -0.39 is 17.2 Å². The number of nitrogens with zero attached hydrogens (tertiary/aromatic N) is 1. The van der Waals surface area contributed by atoms with E-state index >= 15 is 0 Å². The largest absolute Gasteiger partial charge is 0.355 e. The van der Waals surface area contributed by atoms with Gasteiger partial charge in [0.2, 0.25) is 5.43 Å². The van der Waals surface area contributed by atoms with Gasteiger partial charge in [-0.25, -0.2) is 0 Å². The molecular weight excluding hydrogens is 378 g/mol. The van der Waals surface area contributed by atoms with E-state index in [4.69, 9.17) is 0 Å². The molecule has 2 N–H and O–H groups in total. The number of hydrogen-bond acceptors (Lipinski definition) is 3. The van der Waals surface area contributed by atoms with Crippen molar-refractivity contribution in [2.45, 2.75) is 26.4 Å². The van der Waals surface area contributed by atoms with Crippen LogP contribution < -0.4 is 16.1 Å². The first kappa shape index (κ1) is 21.0. The van der Waals surface area contributed by atoms with Crippen LogP contribution in [0.15, 0.2) is 71.8 Å². The van der Waals surface area contributed by atoms with Gasteiger partial charge in [-0.05, 0) is 24.5 Å². The fraction of sp³-hybridized carbons (Fsp3) is 0.208. The molecule has 6 heteroatoms. The highest BCUT2D eigenvalue weighted by Gasteiger charge is 2.18. The van der Waals surface area contributed by atoms with Crippen LogP contribution in [0.1, 0.15) is 37.4 Å². The molecule has 1 aromatic heterocycles. The van der Waals surface area contributed by atoms with Crippen LogP contribution in [0, 0.1) is 6.92 Å². The van der Waals surface area contributed by atoms with Crippen molar-refractivity contribution in [2.24, 2.45) is 0 Å². The molecule has 0 bridgehead atoms. The van der Waals surface area contributed by atoms with Crippen LogP contribution in [0.25, 0.3) is 0 Å². The van der Waals surface area contributed by atoms with E-state index in [1.165, 1.54) is 19.4 Å². The fourth-order valence-electron chi connectivity index (χ4n) is 3.10. The minimum Gasteiger partial charge on any atom is -0.355 e. The van der Waals surface area contributed by atoms with Crippen LogP contribution in [0.4, 0.5) is 0 Å². The zero-order valence-corrected chi connectivity index (χ0v) is 17.1. The quantitative estimate of drug-likeness (QED) is 0.637. The standard InChI is InChI=1S/C24H25N3O3/c1-17-8-10-19(11-9-17)14-26-24(30)21-16-27(13-12-18-6-4-3-5-7-18)15-20(22(21)28)23(29)25-2/h3-11,15-16H,12-14H2,1-2H3,(H,25,29)(H,26,30). The summed E-state index contributed by atoms with van der Waals surface area (Å²) >= 11 is 0. The molecule has 0 atom stereocenters. The maximum atomic E-state index is 12.8. The van der Waals surface area contributed by atoms with Gasteiger partial charge in [-0.1, -0.05) is 60.2 Å². The molecule has 3 aromatic rings. The molecule has 0 radical (unpaired) electrons. The van der Waals surface area contributed by atoms with E-state index in [0.717, 1.165) is 16.7 Å². The Bertz CT molecular complexity index is 1090. The average molecular weight is 403 g/mol. The maximum Gasteiger partial charge on any atom is 0.257 e. The van der Waals surface area contributed by atoms with E-state index in [0.29, 0.717) is 19.5 Å². The van der Waals surface area contributed by atoms with Crippen LogP contribution in [-0.2, 0) is 19.5 Å². The predicted octanol–water partition coefficient (Wildman–Crippen LogP) is 2.69. The van der Waals surface area contributed by atoms with Gasteiger partial charge in [-0.15, -0.1) is 0 Å². The summed E-state index contributed by atoms with van der Waals surface area (Å²) in [5, 5.41) is 5.25. The molecule has 3 rings (SSSR count). The lowest BCUT2D eigenvalue weighted by Gasteiger charge is -2.12. The lowest BCUT2D eigenvalue weighted by atomic mass is 10.1. The first-order valence-corrected chi connectivity index (χ1v) is 9.82. The average Bonchev–Trinajstić information content (AvgIpc) is 2.78. The molecule has 0 aliphatic heterocycles. The molecule has 30 heavy (non-hydrogen) atoms. The van der Waals surface area contributed by atoms with Crippen molar-refractivity contribution in [2.75, 3.05) is 7.05 Å². The van der Waals surface area contributed by atoms with Crippen LogP contribution >= 0.6 is 0 Å². The number of hydrogen-bond donors (Lipinski definition) is 2. The summed E-state index contributed by atoms with van der Waals surface area (Å²) in [5.41, 5.74) is 2.52. The van der Waals surface area contributed by atoms with Crippen LogP contribution in [0.2, 0.25) is 0 Å². The first-order valence-electron chi connectivity index (χ1n) is 9.82. The van der Waals surface area contributed by atoms with Crippen molar-refractivity contribution in [1.82, 2.24) is 15.2 Å². The minimum absolute atomic E-state index is 0.0451. The summed E-state index contributed by atoms with van der Waals surface area (Å²) in [5.74, 6) is -1.01. The topological polar surface area (TPSA) is 80.2 Å². The zero-order valence-electron chi connectivity index (χ0n) is 17.1. The number of nitrogens with one attached hydrogen (secondary N) is 2. The van der Waals surface area contributed by atoms with Crippen molar-refractivity contribution >= 4 is 11.8 Å². The third-order valence-corrected chi connectivity index (χ3v) is 4.87. The SMILES string of the molecule is CNC(=O)c1cn(CCc2ccccc2)cc(C(=O)NCc2ccc(C)cc2)c1=O. The maximum absolute atomic E-state index is 12.8. The van der Waals surface area contributed by atoms with Crippen LogP contribution in [0.3, 0.4) is 0 Å². The molecule has 2 amide bonds. The Balaban J connectivity index is 1.83. The summed E-state index contributed by atoms with van der Waals surface area (Å²) in [6.07, 6.45) is 3.73. The molecule has 6 nitrogen and oxygen atoms in total. The highest BCUT2D eigenvalue weighted by Crippen LogP contribution is 2.06. The van der Waals surface area contributed by atoms with E-state index in [9.17, 15) is 14.4 Å². The number of carbonyl (C=O) groups is 2. The second kappa shape index (κ2) is 9.69. The summed E-state index contributed by atoms with van der Waals surface area (Å²) in [6, 6.07) is 17.7. The molecule has 154 valence electrons. The molecule has 0 aliphatic rings. The Morgan fingerprint density at radius 1 is 0.867 bits per heavy atom. The highest BCUT2D eigenvalue weighted by atomic mass is 16.2. The number of aromatic nitrogens is 1. The second-order valence-electron chi connectivity index (χ2n) is 7.14. The number of amides is 2. The summed E-state index contributed by atoms with van der Waals surface area (Å²) in [6.45, 7) is 2.82. The third-order valence-electron chi connectivity index (χ3n) is 4.87. The van der Waals surface area contributed by atoms with Gasteiger partial charge >= 0.3 is 0 Å². The first-order chi connectivity index (χ1) is 14.5. The number of benzene rings is 2. The molecule has 0 aliphatic carbocycles. The van der Waals surface area contributed by atoms with Crippen molar-refractivity contribution in [3.8, 4) is 0 Å². The van der Waals surface area contributed by atoms with Crippen molar-refractivity contribution in [1.29, 1.82) is 0 Å². The molecule has 2 aromatic carbocycles. The molecule has 0 spiro atoms. The molecular formula is C24H25N3O3. The van der Waals surface area contributed by atoms with Gasteiger partial charge in [0.15, 0.2) is 0 Å². The lowest BCUT2D eigenvalue weighted by molar-refractivity contribution is 0.0949. The van der Waals surface area contributed by atoms with Gasteiger partial charge in [0, 0.05) is 32.5 Å². The Labute approximate surface area is 175 Å². The molecule has 0 fully saturated rings. The number of pyridine rings is 1. The zero-order chi connectivity index (χ0) is 21.5.